The van der Waals surface area contributed by atoms with Gasteiger partial charge in [-0.25, -0.2) is 0 Å². The Kier molecular flexibility index (Phi) is 10.8. The second kappa shape index (κ2) is 12.3. The van der Waals surface area contributed by atoms with Crippen LogP contribution >= 0.6 is 24.0 Å². The maximum atomic E-state index is 5.70. The number of methoxy groups -OCH3 is 1. The largest absolute Gasteiger partial charge is 0.493 e. The van der Waals surface area contributed by atoms with Crippen molar-refractivity contribution in [2.75, 3.05) is 45.8 Å². The Balaban J connectivity index is 0.00000288. The molecule has 1 fully saturated rings. The lowest BCUT2D eigenvalue weighted by Crippen LogP contribution is -2.36. The van der Waals surface area contributed by atoms with Gasteiger partial charge in [0.2, 0.25) is 0 Å². The predicted octanol–water partition coefficient (Wildman–Crippen LogP) is 2.89. The third-order valence-corrected chi connectivity index (χ3v) is 3.60. The smallest absolute Gasteiger partial charge is 0.195 e. The van der Waals surface area contributed by atoms with E-state index in [1.807, 2.05) is 24.3 Å². The highest BCUT2D eigenvalue weighted by atomic mass is 127. The molecule has 1 aliphatic heterocycles. The van der Waals surface area contributed by atoms with Gasteiger partial charge in [0.25, 0.3) is 0 Å². The molecule has 7 heteroatoms. The number of halogens is 1. The Morgan fingerprint density at radius 3 is 2.96 bits per heavy atom. The quantitative estimate of drug-likeness (QED) is 0.277. The number of aliphatic imine (C=N–C) groups is 1. The average Bonchev–Trinajstić information content (AvgIpc) is 3.09. The second-order valence-electron chi connectivity index (χ2n) is 5.44. The van der Waals surface area contributed by atoms with E-state index in [9.17, 15) is 0 Å². The predicted molar refractivity (Wildman–Crippen MR) is 108 cm³/mol. The van der Waals surface area contributed by atoms with E-state index in [-0.39, 0.29) is 30.1 Å². The molecule has 1 saturated heterocycles. The number of ether oxygens (including phenoxy) is 3. The third kappa shape index (κ3) is 7.67. The van der Waals surface area contributed by atoms with Crippen LogP contribution in [0.15, 0.2) is 29.3 Å². The molecule has 2 N–H and O–H groups in total. The van der Waals surface area contributed by atoms with Gasteiger partial charge in [-0.3, -0.25) is 4.99 Å². The standard InChI is InChI=1S/C17H27N3O3.HI/c1-18-17(19-13-16-8-4-10-23-16)20-14-6-3-7-15(12-14)22-11-5-9-21-2;/h3,6-7,12,16H,4-5,8-11,13H2,1-2H3,(H2,18,19,20);1H. The van der Waals surface area contributed by atoms with Crippen LogP contribution in [0.25, 0.3) is 0 Å². The van der Waals surface area contributed by atoms with Crippen molar-refractivity contribution in [2.24, 2.45) is 4.99 Å². The molecule has 6 nitrogen and oxygen atoms in total. The molecule has 0 bridgehead atoms. The molecule has 1 aliphatic rings. The molecule has 1 unspecified atom stereocenters. The number of benzene rings is 1. The molecule has 1 aromatic rings. The third-order valence-electron chi connectivity index (χ3n) is 3.60. The number of hydrogen-bond donors (Lipinski definition) is 2. The van der Waals surface area contributed by atoms with Crippen molar-refractivity contribution in [3.63, 3.8) is 0 Å². The molecule has 136 valence electrons. The zero-order valence-electron chi connectivity index (χ0n) is 14.4. The molecule has 1 atom stereocenters. The fourth-order valence-corrected chi connectivity index (χ4v) is 2.39. The Labute approximate surface area is 161 Å². The van der Waals surface area contributed by atoms with E-state index in [1.165, 1.54) is 0 Å². The summed E-state index contributed by atoms with van der Waals surface area (Å²) in [6, 6.07) is 7.86. The molecule has 1 aromatic carbocycles. The fourth-order valence-electron chi connectivity index (χ4n) is 2.39. The van der Waals surface area contributed by atoms with Crippen molar-refractivity contribution >= 4 is 35.6 Å². The molecule has 0 spiro atoms. The van der Waals surface area contributed by atoms with E-state index in [0.29, 0.717) is 13.2 Å². The number of hydrogen-bond acceptors (Lipinski definition) is 4. The SMILES string of the molecule is CN=C(NCC1CCCO1)Nc1cccc(OCCCOC)c1.I. The van der Waals surface area contributed by atoms with E-state index in [0.717, 1.165) is 49.8 Å². The number of guanidine groups is 1. The maximum Gasteiger partial charge on any atom is 0.195 e. The molecule has 0 saturated carbocycles. The summed E-state index contributed by atoms with van der Waals surface area (Å²) >= 11 is 0. The summed E-state index contributed by atoms with van der Waals surface area (Å²) in [7, 11) is 3.45. The monoisotopic (exact) mass is 449 g/mol. The number of anilines is 1. The van der Waals surface area contributed by atoms with Crippen molar-refractivity contribution in [3.8, 4) is 5.75 Å². The molecule has 1 heterocycles. The van der Waals surface area contributed by atoms with Crippen LogP contribution in [0.4, 0.5) is 5.69 Å². The van der Waals surface area contributed by atoms with Gasteiger partial charge < -0.3 is 24.8 Å². The Hall–Kier alpha value is -1.06. The molecule has 0 amide bonds. The van der Waals surface area contributed by atoms with Crippen molar-refractivity contribution in [1.82, 2.24) is 5.32 Å². The zero-order valence-corrected chi connectivity index (χ0v) is 16.7. The molecule has 24 heavy (non-hydrogen) atoms. The van der Waals surface area contributed by atoms with Gasteiger partial charge in [-0.15, -0.1) is 24.0 Å². The minimum atomic E-state index is 0. The van der Waals surface area contributed by atoms with Gasteiger partial charge >= 0.3 is 0 Å². The van der Waals surface area contributed by atoms with Crippen LogP contribution < -0.4 is 15.4 Å². The topological polar surface area (TPSA) is 64.1 Å². The molecule has 0 radical (unpaired) electrons. The normalized spacial score (nSPS) is 17.2. The summed E-state index contributed by atoms with van der Waals surface area (Å²) in [5.41, 5.74) is 0.940. The van der Waals surface area contributed by atoms with Crippen LogP contribution in [-0.4, -0.2) is 52.6 Å². The Bertz CT molecular complexity index is 494. The summed E-state index contributed by atoms with van der Waals surface area (Å²) in [6.45, 7) is 2.98. The Morgan fingerprint density at radius 2 is 2.25 bits per heavy atom. The summed E-state index contributed by atoms with van der Waals surface area (Å²) in [5, 5.41) is 6.57. The second-order valence-corrected chi connectivity index (χ2v) is 5.44. The Morgan fingerprint density at radius 1 is 1.38 bits per heavy atom. The van der Waals surface area contributed by atoms with Crippen molar-refractivity contribution in [1.29, 1.82) is 0 Å². The van der Waals surface area contributed by atoms with Crippen LogP contribution in [0.5, 0.6) is 5.75 Å². The van der Waals surface area contributed by atoms with Gasteiger partial charge in [-0.05, 0) is 25.0 Å². The molecular formula is C17H28IN3O3. The van der Waals surface area contributed by atoms with E-state index < -0.39 is 0 Å². The highest BCUT2D eigenvalue weighted by molar-refractivity contribution is 14.0. The van der Waals surface area contributed by atoms with Gasteiger partial charge in [0, 0.05) is 52.1 Å². The first-order chi connectivity index (χ1) is 11.3. The maximum absolute atomic E-state index is 5.70. The van der Waals surface area contributed by atoms with Gasteiger partial charge in [-0.1, -0.05) is 6.07 Å². The van der Waals surface area contributed by atoms with Crippen LogP contribution in [0.2, 0.25) is 0 Å². The lowest BCUT2D eigenvalue weighted by atomic mass is 10.2. The van der Waals surface area contributed by atoms with Crippen LogP contribution in [0.1, 0.15) is 19.3 Å². The number of rotatable bonds is 8. The highest BCUT2D eigenvalue weighted by Gasteiger charge is 2.15. The minimum absolute atomic E-state index is 0. The molecule has 2 rings (SSSR count). The van der Waals surface area contributed by atoms with Crippen LogP contribution in [0, 0.1) is 0 Å². The summed E-state index contributed by atoms with van der Waals surface area (Å²) in [5.74, 6) is 1.57. The van der Waals surface area contributed by atoms with E-state index in [2.05, 4.69) is 15.6 Å². The fraction of sp³-hybridized carbons (Fsp3) is 0.588. The number of nitrogens with one attached hydrogen (secondary N) is 2. The zero-order chi connectivity index (χ0) is 16.3. The van der Waals surface area contributed by atoms with Crippen molar-refractivity contribution < 1.29 is 14.2 Å². The van der Waals surface area contributed by atoms with Crippen LogP contribution in [-0.2, 0) is 9.47 Å². The van der Waals surface area contributed by atoms with E-state index >= 15 is 0 Å². The van der Waals surface area contributed by atoms with Gasteiger partial charge in [0.15, 0.2) is 5.96 Å². The highest BCUT2D eigenvalue weighted by Crippen LogP contribution is 2.17. The summed E-state index contributed by atoms with van der Waals surface area (Å²) in [6.07, 6.45) is 3.40. The average molecular weight is 449 g/mol. The van der Waals surface area contributed by atoms with Crippen molar-refractivity contribution in [2.45, 2.75) is 25.4 Å². The minimum Gasteiger partial charge on any atom is -0.493 e. The van der Waals surface area contributed by atoms with E-state index in [4.69, 9.17) is 14.2 Å². The molecule has 0 aromatic heterocycles. The lowest BCUT2D eigenvalue weighted by Gasteiger charge is -2.15. The first-order valence-corrected chi connectivity index (χ1v) is 8.13. The molecular weight excluding hydrogens is 421 g/mol. The van der Waals surface area contributed by atoms with Gasteiger partial charge in [0.05, 0.1) is 12.7 Å². The number of nitrogens with zero attached hydrogens (tertiary/aromatic N) is 1. The first kappa shape index (κ1) is 21.0. The lowest BCUT2D eigenvalue weighted by molar-refractivity contribution is 0.114. The van der Waals surface area contributed by atoms with Crippen molar-refractivity contribution in [3.05, 3.63) is 24.3 Å². The first-order valence-electron chi connectivity index (χ1n) is 8.13. The summed E-state index contributed by atoms with van der Waals surface area (Å²) in [4.78, 5) is 4.24. The molecule has 0 aliphatic carbocycles. The van der Waals surface area contributed by atoms with Gasteiger partial charge in [0.1, 0.15) is 5.75 Å². The van der Waals surface area contributed by atoms with Gasteiger partial charge in [-0.2, -0.15) is 0 Å². The van der Waals surface area contributed by atoms with E-state index in [1.54, 1.807) is 14.2 Å². The summed E-state index contributed by atoms with van der Waals surface area (Å²) < 4.78 is 16.3. The van der Waals surface area contributed by atoms with Crippen LogP contribution in [0.3, 0.4) is 0 Å².